The molecule has 0 radical (unpaired) electrons. The van der Waals surface area contributed by atoms with Gasteiger partial charge >= 0.3 is 0 Å². The van der Waals surface area contributed by atoms with Crippen LogP contribution < -0.4 is 9.47 Å². The summed E-state index contributed by atoms with van der Waals surface area (Å²) in [5.41, 5.74) is 19.6. The van der Waals surface area contributed by atoms with Gasteiger partial charge in [0.25, 0.3) is 0 Å². The van der Waals surface area contributed by atoms with Gasteiger partial charge in [-0.15, -0.1) is 6.42 Å². The normalized spacial score (nSPS) is 12.4. The number of nitrogens with one attached hydrogen (secondary N) is 2. The molecule has 0 aliphatic rings. The molecule has 450 valence electrons. The first-order chi connectivity index (χ1) is 41.9. The molecule has 2 heterocycles. The number of fused-ring (bicyclic) bond motifs is 6. The molecule has 0 aliphatic carbocycles. The summed E-state index contributed by atoms with van der Waals surface area (Å²) in [6.07, 6.45) is 2.98. The number of rotatable bonds is 14. The smallest absolute Gasteiger partial charge is 0.131 e. The molecule has 6 nitrogen and oxygen atoms in total. The van der Waals surface area contributed by atoms with E-state index in [9.17, 15) is 10.2 Å². The van der Waals surface area contributed by atoms with Gasteiger partial charge in [-0.3, -0.25) is 0 Å². The Bertz CT molecular complexity index is 4290. The van der Waals surface area contributed by atoms with Crippen molar-refractivity contribution in [3.05, 3.63) is 245 Å². The first-order valence-corrected chi connectivity index (χ1v) is 31.3. The Labute approximate surface area is 545 Å². The van der Waals surface area contributed by atoms with Crippen LogP contribution in [0.4, 0.5) is 0 Å². The first-order valence-electron chi connectivity index (χ1n) is 31.3. The number of H-pyrrole nitrogens is 2. The molecule has 0 saturated carbocycles. The van der Waals surface area contributed by atoms with Crippen molar-refractivity contribution in [1.29, 1.82) is 0 Å². The molecule has 4 N–H and O–H groups in total. The fraction of sp³-hybridized carbons (Fsp3) is 0.256. The van der Waals surface area contributed by atoms with E-state index in [4.69, 9.17) is 9.47 Å². The third kappa shape index (κ3) is 12.8. The topological polar surface area (TPSA) is 90.5 Å². The zero-order valence-corrected chi connectivity index (χ0v) is 57.6. The fourth-order valence-corrected chi connectivity index (χ4v) is 12.4. The summed E-state index contributed by atoms with van der Waals surface area (Å²) in [7, 11) is 0. The third-order valence-electron chi connectivity index (χ3n) is 17.7. The van der Waals surface area contributed by atoms with Crippen LogP contribution in [0.2, 0.25) is 0 Å². The zero-order chi connectivity index (χ0) is 62.0. The summed E-state index contributed by atoms with van der Waals surface area (Å²) in [6.45, 7) is 29.2. The minimum atomic E-state index is -0.143. The van der Waals surface area contributed by atoms with Crippen molar-refractivity contribution in [1.82, 2.24) is 9.97 Å². The molecule has 0 aliphatic heterocycles. The Kier molecular flexibility index (Phi) is 17.1. The van der Waals surface area contributed by atoms with Gasteiger partial charge in [0, 0.05) is 111 Å². The average molecular weight is 1340 g/mol. The predicted octanol–water partition coefficient (Wildman–Crippen LogP) is 22.2. The number of hydrogen-bond donors (Lipinski definition) is 4. The summed E-state index contributed by atoms with van der Waals surface area (Å²) >= 11 is 0. The van der Waals surface area contributed by atoms with Crippen LogP contribution in [0.5, 0.6) is 23.0 Å². The Hall–Kier alpha value is -8.13. The van der Waals surface area contributed by atoms with Crippen LogP contribution in [0.1, 0.15) is 147 Å². The molecule has 0 amide bonds. The molecule has 0 saturated heterocycles. The van der Waals surface area contributed by atoms with Crippen molar-refractivity contribution in [3.8, 4) is 67.5 Å². The summed E-state index contributed by atoms with van der Waals surface area (Å²) < 4.78 is 14.1. The van der Waals surface area contributed by atoms with E-state index in [1.165, 1.54) is 33.0 Å². The molecule has 89 heavy (non-hydrogen) atoms. The number of phenols is 2. The standard InChI is InChI=1S/C82H83N2O4.Hf/c1-14-23-74(87-72-38-32-52(42-54(72)40-50-24-17-15-18-25-50)60-28-21-30-62(77(60)85)66-46-58(81(8,9)10)48-68-64-44-56(79(2,3)4)34-36-70(64)83-75(66)68)88-73-39-33-53(43-55(73)41-51-26-19-16-20-27-51)61-29-22-31-63(78(61)86)67-47-59(82(11,12)13)49-69-65-45-57(80(5,6)7)35-37-71(65)84-76(67)69;/h15-22,24-39,42-49,83-86H,14,23,40-41H2,1-13H3;/q-1;. The van der Waals surface area contributed by atoms with Crippen molar-refractivity contribution in [3.63, 3.8) is 0 Å². The summed E-state index contributed by atoms with van der Waals surface area (Å²) in [6, 6.07) is 68.2. The van der Waals surface area contributed by atoms with Crippen molar-refractivity contribution < 1.29 is 45.5 Å². The Balaban J connectivity index is 0.00000817. The molecule has 0 unspecified atom stereocenters. The number of aromatic nitrogens is 2. The SMILES string of the molecule is CCC[C-](Oc1ccc(-c2cccc(-c3cc(C(C)(C)C)cc4c3[nH]c3ccc(C(C)(C)C)cc34)c2O)cc1Cc1ccccc1)Oc1ccc(-c2cccc(-c3cc(C(C)(C)C)cc4c3[nH]c3ccc(C(C)(C)C)cc34)c2O)cc1Cc1ccccc1.[Hf]. The molecule has 2 aromatic heterocycles. The molecule has 7 heteroatoms. The first kappa shape index (κ1) is 62.5. The van der Waals surface area contributed by atoms with Crippen LogP contribution in [0.15, 0.2) is 194 Å². The Morgan fingerprint density at radius 1 is 0.371 bits per heavy atom. The van der Waals surface area contributed by atoms with Crippen molar-refractivity contribution in [2.75, 3.05) is 0 Å². The van der Waals surface area contributed by atoms with E-state index in [0.717, 1.165) is 106 Å². The van der Waals surface area contributed by atoms with E-state index in [2.05, 4.69) is 233 Å². The maximum Gasteiger partial charge on any atom is 0.131 e. The van der Waals surface area contributed by atoms with E-state index in [1.807, 2.05) is 60.7 Å². The van der Waals surface area contributed by atoms with Crippen LogP contribution in [0.3, 0.4) is 0 Å². The third-order valence-corrected chi connectivity index (χ3v) is 17.7. The second-order valence-electron chi connectivity index (χ2n) is 28.4. The second-order valence-corrected chi connectivity index (χ2v) is 28.4. The minimum absolute atomic E-state index is 0. The van der Waals surface area contributed by atoms with Crippen LogP contribution in [0.25, 0.3) is 88.1 Å². The number of para-hydroxylation sites is 2. The molecule has 12 rings (SSSR count). The monoisotopic (exact) mass is 1340 g/mol. The van der Waals surface area contributed by atoms with Crippen molar-refractivity contribution in [2.45, 2.75) is 137 Å². The molecule has 12 aromatic rings. The van der Waals surface area contributed by atoms with Gasteiger partial charge in [-0.2, -0.15) is 0 Å². The maximum absolute atomic E-state index is 12.7. The second kappa shape index (κ2) is 24.3. The molecule has 0 bridgehead atoms. The van der Waals surface area contributed by atoms with Crippen molar-refractivity contribution in [2.24, 2.45) is 0 Å². The van der Waals surface area contributed by atoms with Crippen molar-refractivity contribution >= 4 is 43.6 Å². The van der Waals surface area contributed by atoms with Crippen LogP contribution in [-0.4, -0.2) is 20.2 Å². The molecule has 0 atom stereocenters. The number of aromatic hydroxyl groups is 2. The van der Waals surface area contributed by atoms with E-state index < -0.39 is 0 Å². The summed E-state index contributed by atoms with van der Waals surface area (Å²) in [5.74, 6) is 1.79. The predicted molar refractivity (Wildman–Crippen MR) is 369 cm³/mol. The van der Waals surface area contributed by atoms with Gasteiger partial charge in [-0.25, -0.2) is 0 Å². The maximum atomic E-state index is 12.7. The number of phenolic OH excluding ortho intramolecular Hbond substituents is 2. The summed E-state index contributed by atoms with van der Waals surface area (Å²) in [5, 5.41) is 30.0. The minimum Gasteiger partial charge on any atom is -0.619 e. The van der Waals surface area contributed by atoms with Gasteiger partial charge in [0.05, 0.1) is 22.5 Å². The summed E-state index contributed by atoms with van der Waals surface area (Å²) in [4.78, 5) is 7.56. The largest absolute Gasteiger partial charge is 0.619 e. The Morgan fingerprint density at radius 2 is 0.742 bits per heavy atom. The molecular formula is C82H83HfN2O4-. The van der Waals surface area contributed by atoms with Gasteiger partial charge in [0.1, 0.15) is 11.5 Å². The van der Waals surface area contributed by atoms with E-state index >= 15 is 0 Å². The molecular weight excluding hydrogens is 1260 g/mol. The van der Waals surface area contributed by atoms with Gasteiger partial charge in [0.2, 0.25) is 0 Å². The number of benzene rings is 10. The van der Waals surface area contributed by atoms with E-state index in [-0.39, 0.29) is 59.0 Å². The van der Waals surface area contributed by atoms with Gasteiger partial charge in [-0.1, -0.05) is 218 Å². The van der Waals surface area contributed by atoms with Crippen LogP contribution in [-0.2, 0) is 60.3 Å². The molecule has 10 aromatic carbocycles. The number of aromatic amines is 2. The van der Waals surface area contributed by atoms with Gasteiger partial charge in [-0.05, 0) is 150 Å². The van der Waals surface area contributed by atoms with Gasteiger partial charge in [0.15, 0.2) is 0 Å². The van der Waals surface area contributed by atoms with E-state index in [0.29, 0.717) is 37.1 Å². The number of hydrogen-bond acceptors (Lipinski definition) is 4. The van der Waals surface area contributed by atoms with Crippen LogP contribution >= 0.6 is 0 Å². The van der Waals surface area contributed by atoms with E-state index in [1.54, 1.807) is 0 Å². The van der Waals surface area contributed by atoms with Gasteiger partial charge < -0.3 is 29.7 Å². The number of ether oxygens (including phenoxy) is 2. The quantitative estimate of drug-likeness (QED) is 0.0645. The molecule has 0 spiro atoms. The van der Waals surface area contributed by atoms with Crippen LogP contribution in [0, 0.1) is 6.29 Å². The Morgan fingerprint density at radius 3 is 1.11 bits per heavy atom. The molecule has 0 fully saturated rings. The fourth-order valence-electron chi connectivity index (χ4n) is 12.4. The average Bonchev–Trinajstić information content (AvgIpc) is 1.80. The zero-order valence-electron chi connectivity index (χ0n) is 54.0.